The van der Waals surface area contributed by atoms with E-state index in [1.807, 2.05) is 0 Å². The van der Waals surface area contributed by atoms with Crippen LogP contribution in [0.4, 0.5) is 0 Å². The quantitative estimate of drug-likeness (QED) is 0.322. The van der Waals surface area contributed by atoms with E-state index in [1.165, 1.54) is 6.92 Å². The number of nitrogens with zero attached hydrogens (tertiary/aromatic N) is 1. The second-order valence-electron chi connectivity index (χ2n) is 0.649. The SMILES string of the molecule is CC[N+](=O)[O-].O. The molecule has 0 aromatic rings. The van der Waals surface area contributed by atoms with Gasteiger partial charge in [-0.3, -0.25) is 10.1 Å². The highest BCUT2D eigenvalue weighted by molar-refractivity contribution is 4.04. The van der Waals surface area contributed by atoms with Crippen LogP contribution < -0.4 is 0 Å². The van der Waals surface area contributed by atoms with Crippen LogP contribution in [0.25, 0.3) is 0 Å². The van der Waals surface area contributed by atoms with E-state index in [0.29, 0.717) is 0 Å². The predicted octanol–water partition coefficient (Wildman–Crippen LogP) is -0.542. The van der Waals surface area contributed by atoms with Crippen molar-refractivity contribution in [3.63, 3.8) is 0 Å². The van der Waals surface area contributed by atoms with E-state index in [0.717, 1.165) is 0 Å². The Bertz CT molecular complexity index is 44.1. The molecule has 0 heterocycles. The lowest BCUT2D eigenvalue weighted by atomic mass is 10.8. The van der Waals surface area contributed by atoms with Gasteiger partial charge in [0, 0.05) is 11.8 Å². The number of hydrogen-bond donors (Lipinski definition) is 0. The molecule has 0 fully saturated rings. The molecule has 0 aliphatic rings. The molecule has 0 bridgehead atoms. The van der Waals surface area contributed by atoms with Gasteiger partial charge in [-0.25, -0.2) is 0 Å². The average molecular weight is 93.1 g/mol. The molecule has 0 spiro atoms. The second kappa shape index (κ2) is 4.36. The van der Waals surface area contributed by atoms with Crippen LogP contribution in [0, 0.1) is 10.1 Å². The molecule has 0 amide bonds. The van der Waals surface area contributed by atoms with E-state index in [-0.39, 0.29) is 16.9 Å². The van der Waals surface area contributed by atoms with Crippen LogP contribution in [0.15, 0.2) is 0 Å². The minimum Gasteiger partial charge on any atom is -0.412 e. The molecule has 0 aromatic heterocycles. The molecule has 6 heavy (non-hydrogen) atoms. The third-order valence-corrected chi connectivity index (χ3v) is 0.258. The summed E-state index contributed by atoms with van der Waals surface area (Å²) in [5.41, 5.74) is 0. The highest BCUT2D eigenvalue weighted by Crippen LogP contribution is 1.57. The van der Waals surface area contributed by atoms with Crippen LogP contribution in [0.1, 0.15) is 6.92 Å². The summed E-state index contributed by atoms with van der Waals surface area (Å²) in [5, 5.41) is 9.17. The maximum Gasteiger partial charge on any atom is 0.201 e. The zero-order valence-electron chi connectivity index (χ0n) is 3.47. The molecule has 38 valence electrons. The highest BCUT2D eigenvalue weighted by Gasteiger charge is 1.76. The van der Waals surface area contributed by atoms with Crippen molar-refractivity contribution in [1.29, 1.82) is 0 Å². The lowest BCUT2D eigenvalue weighted by molar-refractivity contribution is -0.475. The minimum atomic E-state index is -0.375. The van der Waals surface area contributed by atoms with Crippen molar-refractivity contribution in [1.82, 2.24) is 0 Å². The van der Waals surface area contributed by atoms with Crippen molar-refractivity contribution in [2.45, 2.75) is 6.92 Å². The van der Waals surface area contributed by atoms with E-state index < -0.39 is 0 Å². The van der Waals surface area contributed by atoms with E-state index >= 15 is 0 Å². The van der Waals surface area contributed by atoms with Gasteiger partial charge in [-0.05, 0) is 0 Å². The Morgan fingerprint density at radius 3 is 2.00 bits per heavy atom. The maximum absolute atomic E-state index is 9.17. The Balaban J connectivity index is 0. The van der Waals surface area contributed by atoms with Gasteiger partial charge in [-0.2, -0.15) is 0 Å². The Morgan fingerprint density at radius 1 is 1.83 bits per heavy atom. The van der Waals surface area contributed by atoms with Gasteiger partial charge in [0.05, 0.1) is 0 Å². The third kappa shape index (κ3) is 10.1. The fourth-order valence-corrected chi connectivity index (χ4v) is 0. The highest BCUT2D eigenvalue weighted by atomic mass is 16.6. The first-order chi connectivity index (χ1) is 2.27. The van der Waals surface area contributed by atoms with Crippen LogP contribution >= 0.6 is 0 Å². The number of nitro groups is 1. The molecule has 0 radical (unpaired) electrons. The molecule has 0 saturated heterocycles. The first kappa shape index (κ1) is 9.03. The normalized spacial score (nSPS) is 6.17. The van der Waals surface area contributed by atoms with E-state index in [2.05, 4.69) is 0 Å². The van der Waals surface area contributed by atoms with Crippen LogP contribution in [-0.4, -0.2) is 16.9 Å². The fourth-order valence-electron chi connectivity index (χ4n) is 0. The van der Waals surface area contributed by atoms with Crippen LogP contribution in [0.3, 0.4) is 0 Å². The van der Waals surface area contributed by atoms with Gasteiger partial charge in [0.15, 0.2) is 0 Å². The molecule has 0 aliphatic carbocycles. The molecule has 4 nitrogen and oxygen atoms in total. The zero-order valence-corrected chi connectivity index (χ0v) is 3.47. The molecular weight excluding hydrogens is 86.0 g/mol. The summed E-state index contributed by atoms with van der Waals surface area (Å²) in [6, 6.07) is 0. The van der Waals surface area contributed by atoms with Gasteiger partial charge < -0.3 is 5.48 Å². The summed E-state index contributed by atoms with van der Waals surface area (Å²) in [5.74, 6) is 0. The Hall–Kier alpha value is -0.640. The molecule has 0 atom stereocenters. The molecule has 0 unspecified atom stereocenters. The van der Waals surface area contributed by atoms with Crippen molar-refractivity contribution >= 4 is 0 Å². The van der Waals surface area contributed by atoms with Crippen LogP contribution in [0.2, 0.25) is 0 Å². The first-order valence-electron chi connectivity index (χ1n) is 1.39. The summed E-state index contributed by atoms with van der Waals surface area (Å²) < 4.78 is 0. The minimum absolute atomic E-state index is 0. The zero-order chi connectivity index (χ0) is 4.28. The third-order valence-electron chi connectivity index (χ3n) is 0.258. The monoisotopic (exact) mass is 93.0 g/mol. The summed E-state index contributed by atoms with van der Waals surface area (Å²) in [6.07, 6.45) is 0. The van der Waals surface area contributed by atoms with Crippen molar-refractivity contribution in [2.75, 3.05) is 6.54 Å². The summed E-state index contributed by atoms with van der Waals surface area (Å²) in [6.45, 7) is 1.53. The van der Waals surface area contributed by atoms with Crippen molar-refractivity contribution < 1.29 is 10.4 Å². The standard InChI is InChI=1S/C2H5NO2.H2O/c1-2-3(4)5;/h2H2,1H3;1H2. The molecule has 4 heteroatoms. The molecule has 0 saturated carbocycles. The maximum atomic E-state index is 9.17. The van der Waals surface area contributed by atoms with E-state index in [1.54, 1.807) is 0 Å². The Kier molecular flexibility index (Phi) is 6.56. The molecule has 0 rings (SSSR count). The first-order valence-corrected chi connectivity index (χ1v) is 1.39. The van der Waals surface area contributed by atoms with Gasteiger partial charge >= 0.3 is 0 Å². The van der Waals surface area contributed by atoms with Crippen molar-refractivity contribution in [3.8, 4) is 0 Å². The van der Waals surface area contributed by atoms with E-state index in [9.17, 15) is 10.1 Å². The summed E-state index contributed by atoms with van der Waals surface area (Å²) >= 11 is 0. The molecule has 0 aromatic carbocycles. The second-order valence-corrected chi connectivity index (χ2v) is 0.649. The molecule has 0 aliphatic heterocycles. The molecule has 2 N–H and O–H groups in total. The Labute approximate surface area is 35.2 Å². The largest absolute Gasteiger partial charge is 0.412 e. The lowest BCUT2D eigenvalue weighted by Gasteiger charge is -1.73. The van der Waals surface area contributed by atoms with Crippen molar-refractivity contribution in [3.05, 3.63) is 10.1 Å². The topological polar surface area (TPSA) is 74.6 Å². The van der Waals surface area contributed by atoms with Crippen molar-refractivity contribution in [2.24, 2.45) is 0 Å². The van der Waals surface area contributed by atoms with Gasteiger partial charge in [0.1, 0.15) is 0 Å². The van der Waals surface area contributed by atoms with Crippen LogP contribution in [-0.2, 0) is 0 Å². The summed E-state index contributed by atoms with van der Waals surface area (Å²) in [7, 11) is 0. The number of hydrogen-bond acceptors (Lipinski definition) is 2. The van der Waals surface area contributed by atoms with Gasteiger partial charge in [-0.15, -0.1) is 0 Å². The van der Waals surface area contributed by atoms with Gasteiger partial charge in [-0.1, -0.05) is 0 Å². The fraction of sp³-hybridized carbons (Fsp3) is 1.00. The lowest BCUT2D eigenvalue weighted by Crippen LogP contribution is -1.92. The molecular formula is C2H7NO3. The Morgan fingerprint density at radius 2 is 2.00 bits per heavy atom. The van der Waals surface area contributed by atoms with Crippen LogP contribution in [0.5, 0.6) is 0 Å². The average Bonchev–Trinajstić information content (AvgIpc) is 1.38. The van der Waals surface area contributed by atoms with Gasteiger partial charge in [0.25, 0.3) is 0 Å². The summed E-state index contributed by atoms with van der Waals surface area (Å²) in [4.78, 5) is 8.80. The van der Waals surface area contributed by atoms with Gasteiger partial charge in [0.2, 0.25) is 6.54 Å². The smallest absolute Gasteiger partial charge is 0.201 e. The predicted molar refractivity (Wildman–Crippen MR) is 21.1 cm³/mol. The number of rotatable bonds is 1. The van der Waals surface area contributed by atoms with E-state index in [4.69, 9.17) is 0 Å².